The number of aliphatic hydroxyl groups is 1. The largest absolute Gasteiger partial charge is 0.396 e. The minimum atomic E-state index is -0.461. The summed E-state index contributed by atoms with van der Waals surface area (Å²) in [6.07, 6.45) is 0.731. The van der Waals surface area contributed by atoms with Gasteiger partial charge < -0.3 is 10.5 Å². The molecule has 0 heterocycles. The first-order chi connectivity index (χ1) is 8.19. The average molecular weight is 257 g/mol. The Balaban J connectivity index is 2.68. The van der Waals surface area contributed by atoms with Crippen molar-refractivity contribution in [1.29, 1.82) is 0 Å². The SMILES string of the molecule is NNc1ccc(CSCCCO)cc1[N+](=O)[O-]. The molecule has 0 aromatic heterocycles. The highest BCUT2D eigenvalue weighted by Gasteiger charge is 2.13. The molecule has 0 spiro atoms. The van der Waals surface area contributed by atoms with Crippen LogP contribution in [-0.2, 0) is 5.75 Å². The lowest BCUT2D eigenvalue weighted by Crippen LogP contribution is -2.09. The maximum atomic E-state index is 10.8. The second-order valence-corrected chi connectivity index (χ2v) is 4.49. The number of hydrogen-bond donors (Lipinski definition) is 3. The Morgan fingerprint density at radius 1 is 1.53 bits per heavy atom. The fraction of sp³-hybridized carbons (Fsp3) is 0.400. The van der Waals surface area contributed by atoms with Crippen molar-refractivity contribution in [2.24, 2.45) is 5.84 Å². The lowest BCUT2D eigenvalue weighted by Gasteiger charge is -2.05. The molecule has 1 aromatic rings. The number of hydrazine groups is 1. The summed E-state index contributed by atoms with van der Waals surface area (Å²) in [4.78, 5) is 10.3. The monoisotopic (exact) mass is 257 g/mol. The molecule has 0 aliphatic rings. The molecule has 94 valence electrons. The zero-order chi connectivity index (χ0) is 12.7. The lowest BCUT2D eigenvalue weighted by molar-refractivity contribution is -0.384. The third-order valence-corrected chi connectivity index (χ3v) is 3.24. The summed E-state index contributed by atoms with van der Waals surface area (Å²) in [5.41, 5.74) is 3.46. The fourth-order valence-electron chi connectivity index (χ4n) is 1.30. The summed E-state index contributed by atoms with van der Waals surface area (Å²) in [5.74, 6) is 6.71. The molecule has 0 radical (unpaired) electrons. The summed E-state index contributed by atoms with van der Waals surface area (Å²) in [5, 5.41) is 19.4. The van der Waals surface area contributed by atoms with E-state index in [9.17, 15) is 10.1 Å². The van der Waals surface area contributed by atoms with E-state index >= 15 is 0 Å². The van der Waals surface area contributed by atoms with Crippen molar-refractivity contribution >= 4 is 23.1 Å². The van der Waals surface area contributed by atoms with Crippen LogP contribution in [0.15, 0.2) is 18.2 Å². The van der Waals surface area contributed by atoms with E-state index in [0.717, 1.165) is 17.7 Å². The fourth-order valence-corrected chi connectivity index (χ4v) is 2.19. The third-order valence-electron chi connectivity index (χ3n) is 2.13. The quantitative estimate of drug-likeness (QED) is 0.296. The van der Waals surface area contributed by atoms with Crippen molar-refractivity contribution in [2.45, 2.75) is 12.2 Å². The molecule has 7 heteroatoms. The average Bonchev–Trinajstić information content (AvgIpc) is 2.34. The van der Waals surface area contributed by atoms with E-state index < -0.39 is 4.92 Å². The topological polar surface area (TPSA) is 101 Å². The molecule has 0 aliphatic heterocycles. The molecule has 0 saturated heterocycles. The highest BCUT2D eigenvalue weighted by Crippen LogP contribution is 2.26. The van der Waals surface area contributed by atoms with Crippen molar-refractivity contribution in [3.63, 3.8) is 0 Å². The lowest BCUT2D eigenvalue weighted by atomic mass is 10.2. The molecular formula is C10H15N3O3S. The van der Waals surface area contributed by atoms with Crippen LogP contribution in [0.5, 0.6) is 0 Å². The maximum Gasteiger partial charge on any atom is 0.293 e. The molecule has 0 saturated carbocycles. The van der Waals surface area contributed by atoms with Gasteiger partial charge in [-0.2, -0.15) is 11.8 Å². The highest BCUT2D eigenvalue weighted by molar-refractivity contribution is 7.98. The van der Waals surface area contributed by atoms with Gasteiger partial charge in [-0.05, 0) is 23.8 Å². The van der Waals surface area contributed by atoms with Gasteiger partial charge in [-0.1, -0.05) is 6.07 Å². The molecule has 0 bridgehead atoms. The van der Waals surface area contributed by atoms with Gasteiger partial charge in [-0.3, -0.25) is 16.0 Å². The van der Waals surface area contributed by atoms with Gasteiger partial charge in [0.25, 0.3) is 5.69 Å². The van der Waals surface area contributed by atoms with Gasteiger partial charge in [-0.25, -0.2) is 0 Å². The van der Waals surface area contributed by atoms with E-state index in [1.54, 1.807) is 23.9 Å². The van der Waals surface area contributed by atoms with E-state index in [0.29, 0.717) is 11.4 Å². The molecule has 1 rings (SSSR count). The van der Waals surface area contributed by atoms with Crippen molar-refractivity contribution in [3.8, 4) is 0 Å². The molecular weight excluding hydrogens is 242 g/mol. The van der Waals surface area contributed by atoms with Gasteiger partial charge >= 0.3 is 0 Å². The summed E-state index contributed by atoms with van der Waals surface area (Å²) in [6, 6.07) is 4.91. The molecule has 6 nitrogen and oxygen atoms in total. The van der Waals surface area contributed by atoms with Crippen LogP contribution in [0.3, 0.4) is 0 Å². The van der Waals surface area contributed by atoms with Crippen LogP contribution < -0.4 is 11.3 Å². The van der Waals surface area contributed by atoms with Crippen molar-refractivity contribution in [3.05, 3.63) is 33.9 Å². The number of hydrogen-bond acceptors (Lipinski definition) is 6. The van der Waals surface area contributed by atoms with E-state index in [2.05, 4.69) is 5.43 Å². The Hall–Kier alpha value is -1.31. The number of aliphatic hydroxyl groups excluding tert-OH is 1. The van der Waals surface area contributed by atoms with Gasteiger partial charge in [0.15, 0.2) is 0 Å². The minimum Gasteiger partial charge on any atom is -0.396 e. The van der Waals surface area contributed by atoms with E-state index in [4.69, 9.17) is 10.9 Å². The van der Waals surface area contributed by atoms with Crippen LogP contribution in [-0.4, -0.2) is 22.4 Å². The number of nitrogens with two attached hydrogens (primary N) is 1. The minimum absolute atomic E-state index is 0.0206. The van der Waals surface area contributed by atoms with Crippen LogP contribution in [0.25, 0.3) is 0 Å². The first kappa shape index (κ1) is 13.8. The van der Waals surface area contributed by atoms with Crippen molar-refractivity contribution in [2.75, 3.05) is 17.8 Å². The van der Waals surface area contributed by atoms with E-state index in [1.165, 1.54) is 6.07 Å². The zero-order valence-corrected chi connectivity index (χ0v) is 10.1. The van der Waals surface area contributed by atoms with Gasteiger partial charge in [-0.15, -0.1) is 0 Å². The highest BCUT2D eigenvalue weighted by atomic mass is 32.2. The van der Waals surface area contributed by atoms with Crippen LogP contribution in [0.1, 0.15) is 12.0 Å². The summed E-state index contributed by atoms with van der Waals surface area (Å²) in [6.45, 7) is 0.170. The van der Waals surface area contributed by atoms with Crippen LogP contribution in [0, 0.1) is 10.1 Å². The number of nitrogens with zero attached hydrogens (tertiary/aromatic N) is 1. The van der Waals surface area contributed by atoms with E-state index in [1.807, 2.05) is 0 Å². The predicted octanol–water partition coefficient (Wildman–Crippen LogP) is 1.50. The van der Waals surface area contributed by atoms with Gasteiger partial charge in [0.05, 0.1) is 4.92 Å². The maximum absolute atomic E-state index is 10.8. The zero-order valence-electron chi connectivity index (χ0n) is 9.26. The summed E-state index contributed by atoms with van der Waals surface area (Å²) >= 11 is 1.63. The van der Waals surface area contributed by atoms with Crippen molar-refractivity contribution < 1.29 is 10.0 Å². The number of thioether (sulfide) groups is 1. The molecule has 0 atom stereocenters. The summed E-state index contributed by atoms with van der Waals surface area (Å²) in [7, 11) is 0. The smallest absolute Gasteiger partial charge is 0.293 e. The van der Waals surface area contributed by atoms with Crippen LogP contribution >= 0.6 is 11.8 Å². The predicted molar refractivity (Wildman–Crippen MR) is 68.8 cm³/mol. The number of rotatable bonds is 7. The van der Waals surface area contributed by atoms with Gasteiger partial charge in [0, 0.05) is 18.4 Å². The number of benzene rings is 1. The first-order valence-electron chi connectivity index (χ1n) is 5.11. The Morgan fingerprint density at radius 2 is 2.29 bits per heavy atom. The van der Waals surface area contributed by atoms with Crippen LogP contribution in [0.2, 0.25) is 0 Å². The number of nitrogens with one attached hydrogen (secondary N) is 1. The summed E-state index contributed by atoms with van der Waals surface area (Å²) < 4.78 is 0. The molecule has 1 aromatic carbocycles. The Morgan fingerprint density at radius 3 is 2.88 bits per heavy atom. The number of nitro groups is 1. The Kier molecular flexibility index (Phi) is 5.75. The van der Waals surface area contributed by atoms with Crippen molar-refractivity contribution in [1.82, 2.24) is 0 Å². The first-order valence-corrected chi connectivity index (χ1v) is 6.27. The molecule has 0 fully saturated rings. The number of nitrogen functional groups attached to an aromatic ring is 1. The van der Waals surface area contributed by atoms with Crippen LogP contribution in [0.4, 0.5) is 11.4 Å². The second kappa shape index (κ2) is 7.10. The standard InChI is InChI=1S/C10H15N3O3S/c11-12-9-3-2-8(6-10(9)13(15)16)7-17-5-1-4-14/h2-3,6,12,14H,1,4-5,7,11H2. The van der Waals surface area contributed by atoms with Gasteiger partial charge in [0.2, 0.25) is 0 Å². The van der Waals surface area contributed by atoms with Gasteiger partial charge in [0.1, 0.15) is 5.69 Å². The number of anilines is 1. The molecule has 0 amide bonds. The normalized spacial score (nSPS) is 10.2. The molecule has 0 aliphatic carbocycles. The molecule has 17 heavy (non-hydrogen) atoms. The number of nitro benzene ring substituents is 1. The Bertz CT molecular complexity index is 387. The second-order valence-electron chi connectivity index (χ2n) is 3.38. The molecule has 0 unspecified atom stereocenters. The van der Waals surface area contributed by atoms with E-state index in [-0.39, 0.29) is 12.3 Å². The third kappa shape index (κ3) is 4.22. The Labute approximate surface area is 103 Å². The molecule has 4 N–H and O–H groups in total.